The van der Waals surface area contributed by atoms with E-state index in [9.17, 15) is 0 Å². The van der Waals surface area contributed by atoms with Gasteiger partial charge in [-0.15, -0.1) is 0 Å². The molecule has 0 N–H and O–H groups in total. The zero-order chi connectivity index (χ0) is 7.72. The second kappa shape index (κ2) is 3.22. The summed E-state index contributed by atoms with van der Waals surface area (Å²) in [5.41, 5.74) is 2.63. The number of halogens is 2. The van der Waals surface area contributed by atoms with Gasteiger partial charge in [0.1, 0.15) is 0 Å². The Labute approximate surface area is 83.3 Å². The molecule has 1 aromatic carbocycles. The molecule has 0 heterocycles. The highest BCUT2D eigenvalue weighted by atomic mass is 127. The largest absolute Gasteiger partial charge is 0.0552 e. The van der Waals surface area contributed by atoms with E-state index in [0.29, 0.717) is 0 Å². The van der Waals surface area contributed by atoms with Gasteiger partial charge in [-0.25, -0.2) is 0 Å². The maximum Gasteiger partial charge on any atom is 0.0338 e. The van der Waals surface area contributed by atoms with E-state index in [0.717, 1.165) is 0 Å². The van der Waals surface area contributed by atoms with Crippen LogP contribution in [0.2, 0.25) is 0 Å². The van der Waals surface area contributed by atoms with E-state index in [2.05, 4.69) is 64.5 Å². The molecule has 1 rings (SSSR count). The second-order valence-electron chi connectivity index (χ2n) is 2.38. The van der Waals surface area contributed by atoms with Crippen molar-refractivity contribution in [1.29, 1.82) is 0 Å². The smallest absolute Gasteiger partial charge is 0.0338 e. The lowest BCUT2D eigenvalue weighted by Crippen LogP contribution is -1.82. The molecule has 0 unspecified atom stereocenters. The Hall–Kier alpha value is 0.430. The lowest BCUT2D eigenvalue weighted by molar-refractivity contribution is 1.34. The summed E-state index contributed by atoms with van der Waals surface area (Å²) in [5.74, 6) is 0. The first kappa shape index (κ1) is 8.53. The van der Waals surface area contributed by atoms with Crippen LogP contribution < -0.4 is 0 Å². The van der Waals surface area contributed by atoms with E-state index in [1.54, 1.807) is 0 Å². The van der Waals surface area contributed by atoms with Crippen molar-refractivity contribution in [2.75, 3.05) is 0 Å². The summed E-state index contributed by atoms with van der Waals surface area (Å²) in [4.78, 5) is 0. The Kier molecular flexibility index (Phi) is 2.74. The highest BCUT2D eigenvalue weighted by Gasteiger charge is 1.99. The molecule has 54 valence electrons. The molecule has 1 aromatic rings. The van der Waals surface area contributed by atoms with Crippen molar-refractivity contribution in [1.82, 2.24) is 0 Å². The van der Waals surface area contributed by atoms with Crippen molar-refractivity contribution >= 4 is 38.5 Å². The third kappa shape index (κ3) is 1.72. The van der Waals surface area contributed by atoms with Crippen LogP contribution in [0.15, 0.2) is 16.6 Å². The van der Waals surface area contributed by atoms with Crippen LogP contribution >= 0.6 is 38.5 Å². The minimum atomic E-state index is 1.22. The van der Waals surface area contributed by atoms with Crippen molar-refractivity contribution < 1.29 is 0 Å². The van der Waals surface area contributed by atoms with Crippen LogP contribution in [0.5, 0.6) is 0 Å². The van der Waals surface area contributed by atoms with Crippen LogP contribution in [0, 0.1) is 17.4 Å². The van der Waals surface area contributed by atoms with Crippen LogP contribution in [0.3, 0.4) is 0 Å². The van der Waals surface area contributed by atoms with Gasteiger partial charge < -0.3 is 0 Å². The summed E-state index contributed by atoms with van der Waals surface area (Å²) in [6.45, 7) is 4.22. The van der Waals surface area contributed by atoms with E-state index in [-0.39, 0.29) is 0 Å². The molecule has 0 saturated carbocycles. The third-order valence-electron chi connectivity index (χ3n) is 1.35. The molecular formula is C8H8BrI. The molecule has 0 aliphatic rings. The normalized spacial score (nSPS) is 10.0. The van der Waals surface area contributed by atoms with Crippen molar-refractivity contribution in [3.63, 3.8) is 0 Å². The molecule has 2 heteroatoms. The van der Waals surface area contributed by atoms with Crippen LogP contribution in [0.4, 0.5) is 0 Å². The Morgan fingerprint density at radius 1 is 1.30 bits per heavy atom. The molecule has 0 aliphatic carbocycles. The molecule has 0 spiro atoms. The lowest BCUT2D eigenvalue weighted by atomic mass is 10.2. The number of aryl methyl sites for hydroxylation is 2. The van der Waals surface area contributed by atoms with E-state index >= 15 is 0 Å². The summed E-state index contributed by atoms with van der Waals surface area (Å²) in [7, 11) is 0. The van der Waals surface area contributed by atoms with E-state index < -0.39 is 0 Å². The van der Waals surface area contributed by atoms with Gasteiger partial charge in [-0.1, -0.05) is 6.07 Å². The van der Waals surface area contributed by atoms with Crippen molar-refractivity contribution in [2.24, 2.45) is 0 Å². The summed E-state index contributed by atoms with van der Waals surface area (Å²) < 4.78 is 2.51. The fourth-order valence-corrected chi connectivity index (χ4v) is 2.04. The fraction of sp³-hybridized carbons (Fsp3) is 0.250. The van der Waals surface area contributed by atoms with Gasteiger partial charge in [0.25, 0.3) is 0 Å². The average molecular weight is 311 g/mol. The third-order valence-corrected chi connectivity index (χ3v) is 4.00. The highest BCUT2D eigenvalue weighted by molar-refractivity contribution is 14.1. The van der Waals surface area contributed by atoms with Crippen LogP contribution in [-0.4, -0.2) is 0 Å². The second-order valence-corrected chi connectivity index (χ2v) is 4.33. The van der Waals surface area contributed by atoms with Gasteiger partial charge >= 0.3 is 0 Å². The molecule has 0 atom stereocenters. The highest BCUT2D eigenvalue weighted by Crippen LogP contribution is 2.23. The first-order valence-corrected chi connectivity index (χ1v) is 4.90. The minimum Gasteiger partial charge on any atom is -0.0552 e. The molecule has 0 fully saturated rings. The SMILES string of the molecule is Cc1cc(C)c(Br)c(I)c1. The summed E-state index contributed by atoms with van der Waals surface area (Å²) in [6, 6.07) is 4.34. The molecule has 10 heavy (non-hydrogen) atoms. The predicted molar refractivity (Wildman–Crippen MR) is 56.3 cm³/mol. The van der Waals surface area contributed by atoms with Crippen molar-refractivity contribution in [3.8, 4) is 0 Å². The van der Waals surface area contributed by atoms with Gasteiger partial charge in [0.2, 0.25) is 0 Å². The molecule has 0 saturated heterocycles. The first-order valence-electron chi connectivity index (χ1n) is 3.03. The summed E-state index contributed by atoms with van der Waals surface area (Å²) in [5, 5.41) is 0. The average Bonchev–Trinajstić information content (AvgIpc) is 1.82. The molecule has 0 nitrogen and oxygen atoms in total. The zero-order valence-corrected chi connectivity index (χ0v) is 9.65. The minimum absolute atomic E-state index is 1.22. The van der Waals surface area contributed by atoms with Gasteiger partial charge in [0, 0.05) is 8.04 Å². The predicted octanol–water partition coefficient (Wildman–Crippen LogP) is 3.67. The van der Waals surface area contributed by atoms with E-state index in [4.69, 9.17) is 0 Å². The van der Waals surface area contributed by atoms with Gasteiger partial charge in [-0.2, -0.15) is 0 Å². The molecule has 0 bridgehead atoms. The maximum absolute atomic E-state index is 3.51. The number of hydrogen-bond donors (Lipinski definition) is 0. The maximum atomic E-state index is 3.51. The topological polar surface area (TPSA) is 0 Å². The van der Waals surface area contributed by atoms with Crippen molar-refractivity contribution in [2.45, 2.75) is 13.8 Å². The van der Waals surface area contributed by atoms with Gasteiger partial charge in [-0.05, 0) is 69.6 Å². The number of rotatable bonds is 0. The Balaban J connectivity index is 3.31. The first-order chi connectivity index (χ1) is 4.61. The zero-order valence-electron chi connectivity index (χ0n) is 5.91. The van der Waals surface area contributed by atoms with Crippen LogP contribution in [0.1, 0.15) is 11.1 Å². The Morgan fingerprint density at radius 3 is 2.40 bits per heavy atom. The van der Waals surface area contributed by atoms with E-state index in [1.165, 1.54) is 19.2 Å². The molecule has 0 aromatic heterocycles. The van der Waals surface area contributed by atoms with Gasteiger partial charge in [0.15, 0.2) is 0 Å². The van der Waals surface area contributed by atoms with Crippen molar-refractivity contribution in [3.05, 3.63) is 31.3 Å². The lowest BCUT2D eigenvalue weighted by Gasteiger charge is -2.01. The molecule has 0 aliphatic heterocycles. The fourth-order valence-electron chi connectivity index (χ4n) is 0.898. The standard InChI is InChI=1S/C8H8BrI/c1-5-3-6(2)8(9)7(10)4-5/h3-4H,1-2H3. The quantitative estimate of drug-likeness (QED) is 0.641. The molecule has 0 amide bonds. The number of hydrogen-bond acceptors (Lipinski definition) is 0. The van der Waals surface area contributed by atoms with Gasteiger partial charge in [-0.3, -0.25) is 0 Å². The Morgan fingerprint density at radius 2 is 1.90 bits per heavy atom. The monoisotopic (exact) mass is 310 g/mol. The van der Waals surface area contributed by atoms with Gasteiger partial charge in [0.05, 0.1) is 0 Å². The summed E-state index contributed by atoms with van der Waals surface area (Å²) in [6.07, 6.45) is 0. The summed E-state index contributed by atoms with van der Waals surface area (Å²) >= 11 is 5.83. The molecule has 0 radical (unpaired) electrons. The van der Waals surface area contributed by atoms with Crippen LogP contribution in [-0.2, 0) is 0 Å². The van der Waals surface area contributed by atoms with E-state index in [1.807, 2.05) is 0 Å². The Bertz CT molecular complexity index is 232. The number of benzene rings is 1. The van der Waals surface area contributed by atoms with Crippen LogP contribution in [0.25, 0.3) is 0 Å². The molecular weight excluding hydrogens is 303 g/mol.